The minimum Gasteiger partial charge on any atom is -0.381 e. The van der Waals surface area contributed by atoms with Crippen LogP contribution in [-0.2, 0) is 28.7 Å². The maximum Gasteiger partial charge on any atom is 0.417 e. The average molecular weight is 681 g/mol. The Kier molecular flexibility index (Phi) is 9.03. The Morgan fingerprint density at radius 3 is 2.64 bits per heavy atom. The summed E-state index contributed by atoms with van der Waals surface area (Å²) in [5.74, 6) is -0.0622. The Balaban J connectivity index is 1.10. The van der Waals surface area contributed by atoms with E-state index in [1.54, 1.807) is 48.0 Å². The quantitative estimate of drug-likeness (QED) is 0.127. The number of amides is 1. The molecular formula is C38H35F3N6O3. The van der Waals surface area contributed by atoms with Crippen molar-refractivity contribution < 1.29 is 27.5 Å². The molecule has 12 heteroatoms. The lowest BCUT2D eigenvalue weighted by Crippen LogP contribution is -2.35. The van der Waals surface area contributed by atoms with E-state index in [1.165, 1.54) is 36.4 Å². The van der Waals surface area contributed by atoms with E-state index in [0.29, 0.717) is 47.3 Å². The Labute approximate surface area is 286 Å². The van der Waals surface area contributed by atoms with E-state index < -0.39 is 23.4 Å². The molecule has 0 bridgehead atoms. The number of aryl methyl sites for hydroxylation is 2. The molecule has 1 amide bonds. The van der Waals surface area contributed by atoms with Crippen LogP contribution in [0.2, 0.25) is 0 Å². The second-order valence-corrected chi connectivity index (χ2v) is 12.8. The first kappa shape index (κ1) is 33.3. The molecule has 2 N–H and O–H groups in total. The van der Waals surface area contributed by atoms with E-state index in [-0.39, 0.29) is 28.1 Å². The number of imidazole rings is 1. The largest absolute Gasteiger partial charge is 0.417 e. The molecule has 9 nitrogen and oxygen atoms in total. The van der Waals surface area contributed by atoms with E-state index in [1.807, 2.05) is 10.6 Å². The van der Waals surface area contributed by atoms with Gasteiger partial charge in [-0.05, 0) is 86.2 Å². The minimum atomic E-state index is -4.62. The number of ketones is 1. The number of ether oxygens (including phenoxy) is 1. The maximum absolute atomic E-state index is 14.5. The van der Waals surface area contributed by atoms with E-state index in [9.17, 15) is 28.0 Å². The smallest absolute Gasteiger partial charge is 0.381 e. The Morgan fingerprint density at radius 2 is 1.88 bits per heavy atom. The average Bonchev–Trinajstić information content (AvgIpc) is 3.84. The van der Waals surface area contributed by atoms with E-state index in [2.05, 4.69) is 15.6 Å². The highest BCUT2D eigenvalue weighted by atomic mass is 19.4. The number of aromatic nitrogens is 3. The van der Waals surface area contributed by atoms with Crippen LogP contribution in [0.5, 0.6) is 0 Å². The Bertz CT molecular complexity index is 2180. The number of nitrogens with one attached hydrogen (secondary N) is 2. The van der Waals surface area contributed by atoms with Crippen LogP contribution >= 0.6 is 0 Å². The molecule has 2 aliphatic rings. The molecule has 7 rings (SSSR count). The number of pyridine rings is 1. The molecule has 256 valence electrons. The highest BCUT2D eigenvalue weighted by molar-refractivity contribution is 6.10. The fourth-order valence-corrected chi connectivity index (χ4v) is 7.18. The first-order valence-electron chi connectivity index (χ1n) is 16.7. The molecule has 5 aromatic rings. The van der Waals surface area contributed by atoms with Gasteiger partial charge < -0.3 is 24.3 Å². The SMILES string of the molecule is COC1CCC(NC/C=C/C(=O)Nc2ccc(C(=O)c3ccc4c(-c5cc6nc7n(c6cc5C(F)(F)F)CCC7)cccn34)cc2C#N)CC1. The van der Waals surface area contributed by atoms with Gasteiger partial charge in [0.2, 0.25) is 11.7 Å². The normalized spacial score (nSPS) is 17.7. The third-order valence-corrected chi connectivity index (χ3v) is 9.73. The molecule has 0 radical (unpaired) electrons. The molecule has 1 aliphatic carbocycles. The fraction of sp³-hybridized carbons (Fsp3) is 0.316. The number of methoxy groups -OCH3 is 1. The molecule has 1 aliphatic heterocycles. The first-order chi connectivity index (χ1) is 24.1. The summed E-state index contributed by atoms with van der Waals surface area (Å²) < 4.78 is 52.2. The van der Waals surface area contributed by atoms with Gasteiger partial charge in [0, 0.05) is 56.1 Å². The van der Waals surface area contributed by atoms with Gasteiger partial charge in [0.25, 0.3) is 0 Å². The molecule has 50 heavy (non-hydrogen) atoms. The van der Waals surface area contributed by atoms with Gasteiger partial charge in [-0.25, -0.2) is 4.98 Å². The van der Waals surface area contributed by atoms with Gasteiger partial charge >= 0.3 is 6.18 Å². The predicted octanol–water partition coefficient (Wildman–Crippen LogP) is 7.07. The molecule has 1 fully saturated rings. The van der Waals surface area contributed by atoms with Crippen LogP contribution in [-0.4, -0.2) is 51.4 Å². The number of halogens is 3. The van der Waals surface area contributed by atoms with E-state index in [0.717, 1.165) is 44.3 Å². The van der Waals surface area contributed by atoms with Crippen LogP contribution in [0, 0.1) is 11.3 Å². The molecule has 3 aromatic heterocycles. The lowest BCUT2D eigenvalue weighted by atomic mass is 9.93. The zero-order valence-corrected chi connectivity index (χ0v) is 27.4. The molecular weight excluding hydrogens is 645 g/mol. The lowest BCUT2D eigenvalue weighted by molar-refractivity contribution is -0.137. The summed E-state index contributed by atoms with van der Waals surface area (Å²) in [6, 6.07) is 15.9. The number of hydrogen-bond acceptors (Lipinski definition) is 6. The van der Waals surface area contributed by atoms with Crippen LogP contribution in [0.1, 0.15) is 65.1 Å². The van der Waals surface area contributed by atoms with Crippen molar-refractivity contribution in [2.45, 2.75) is 63.4 Å². The zero-order chi connectivity index (χ0) is 35.0. The number of carbonyl (C=O) groups is 2. The van der Waals surface area contributed by atoms with Crippen molar-refractivity contribution in [1.82, 2.24) is 19.3 Å². The van der Waals surface area contributed by atoms with E-state index >= 15 is 0 Å². The standard InChI is InChI=1S/C38H35F3N6O3/c1-50-26-11-9-25(10-12-26)43-16-2-7-36(48)45-30-13-8-23(19-24(30)22-42)37(49)33-15-14-32-27(5-3-17-46(32)33)28-20-31-34(21-29(28)38(39,40)41)47-18-4-6-35(47)44-31/h2-3,5,7-8,13-15,17,19-21,25-26,43H,4,6,9-12,16,18H2,1H3,(H,45,48)/b7-2+. The highest BCUT2D eigenvalue weighted by Gasteiger charge is 2.36. The van der Waals surface area contributed by atoms with Crippen molar-refractivity contribution in [3.05, 3.63) is 101 Å². The van der Waals surface area contributed by atoms with Crippen molar-refractivity contribution in [1.29, 1.82) is 5.26 Å². The van der Waals surface area contributed by atoms with Gasteiger partial charge in [0.1, 0.15) is 11.9 Å². The molecule has 1 saturated carbocycles. The molecule has 0 atom stereocenters. The molecule has 0 spiro atoms. The minimum absolute atomic E-state index is 0.0182. The third kappa shape index (κ3) is 6.42. The van der Waals surface area contributed by atoms with Crippen LogP contribution in [0.4, 0.5) is 18.9 Å². The molecule has 0 saturated heterocycles. The van der Waals surface area contributed by atoms with Crippen molar-refractivity contribution in [3.8, 4) is 17.2 Å². The maximum atomic E-state index is 14.5. The number of fused-ring (bicyclic) bond motifs is 4. The summed E-state index contributed by atoms with van der Waals surface area (Å²) in [5, 5.41) is 16.0. The predicted molar refractivity (Wildman–Crippen MR) is 183 cm³/mol. The highest BCUT2D eigenvalue weighted by Crippen LogP contribution is 2.42. The monoisotopic (exact) mass is 680 g/mol. The van der Waals surface area contributed by atoms with Crippen molar-refractivity contribution in [2.75, 3.05) is 19.0 Å². The number of benzene rings is 2. The second-order valence-electron chi connectivity index (χ2n) is 12.8. The first-order valence-corrected chi connectivity index (χ1v) is 16.7. The molecule has 0 unspecified atom stereocenters. The molecule has 4 heterocycles. The van der Waals surface area contributed by atoms with Gasteiger partial charge in [-0.2, -0.15) is 18.4 Å². The third-order valence-electron chi connectivity index (χ3n) is 9.73. The lowest BCUT2D eigenvalue weighted by Gasteiger charge is -2.27. The van der Waals surface area contributed by atoms with Crippen LogP contribution in [0.3, 0.4) is 0 Å². The number of hydrogen-bond donors (Lipinski definition) is 2. The topological polar surface area (TPSA) is 113 Å². The number of nitriles is 1. The summed E-state index contributed by atoms with van der Waals surface area (Å²) >= 11 is 0. The Hall–Kier alpha value is -5.25. The zero-order valence-electron chi connectivity index (χ0n) is 27.4. The van der Waals surface area contributed by atoms with Crippen molar-refractivity contribution in [2.24, 2.45) is 0 Å². The Morgan fingerprint density at radius 1 is 1.06 bits per heavy atom. The second kappa shape index (κ2) is 13.6. The van der Waals surface area contributed by atoms with E-state index in [4.69, 9.17) is 4.74 Å². The van der Waals surface area contributed by atoms with Gasteiger partial charge in [0.05, 0.1) is 45.2 Å². The van der Waals surface area contributed by atoms with Gasteiger partial charge in [-0.3, -0.25) is 9.59 Å². The van der Waals surface area contributed by atoms with Crippen LogP contribution in [0.25, 0.3) is 27.7 Å². The summed E-state index contributed by atoms with van der Waals surface area (Å²) in [6.45, 7) is 1.16. The van der Waals surface area contributed by atoms with Gasteiger partial charge in [0.15, 0.2) is 0 Å². The number of alkyl halides is 3. The number of rotatable bonds is 9. The number of carbonyl (C=O) groups excluding carboxylic acids is 2. The summed E-state index contributed by atoms with van der Waals surface area (Å²) in [4.78, 5) is 31.0. The number of anilines is 1. The van der Waals surface area contributed by atoms with Gasteiger partial charge in [-0.15, -0.1) is 0 Å². The van der Waals surface area contributed by atoms with Crippen molar-refractivity contribution in [3.63, 3.8) is 0 Å². The van der Waals surface area contributed by atoms with Crippen molar-refractivity contribution >= 4 is 33.9 Å². The summed E-state index contributed by atoms with van der Waals surface area (Å²) in [5.41, 5.74) is 1.66. The summed E-state index contributed by atoms with van der Waals surface area (Å²) in [7, 11) is 1.73. The van der Waals surface area contributed by atoms with Crippen LogP contribution < -0.4 is 10.6 Å². The number of nitrogens with zero attached hydrogens (tertiary/aromatic N) is 4. The molecule has 2 aromatic carbocycles. The van der Waals surface area contributed by atoms with Gasteiger partial charge in [-0.1, -0.05) is 12.1 Å². The fourth-order valence-electron chi connectivity index (χ4n) is 7.18. The summed E-state index contributed by atoms with van der Waals surface area (Å²) in [6.07, 6.45) is 6.04. The van der Waals surface area contributed by atoms with Crippen LogP contribution in [0.15, 0.2) is 72.9 Å².